The van der Waals surface area contributed by atoms with Crippen LogP contribution in [0.25, 0.3) is 0 Å². The molecule has 0 bridgehead atoms. The molecule has 1 aromatic carbocycles. The number of para-hydroxylation sites is 1. The number of anilines is 1. The van der Waals surface area contributed by atoms with Crippen LogP contribution >= 0.6 is 0 Å². The minimum absolute atomic E-state index is 0.0719. The average molecular weight is 242 g/mol. The summed E-state index contributed by atoms with van der Waals surface area (Å²) in [6, 6.07) is 9.97. The van der Waals surface area contributed by atoms with Gasteiger partial charge in [-0.15, -0.1) is 0 Å². The van der Waals surface area contributed by atoms with E-state index in [9.17, 15) is 10.1 Å². The Kier molecular flexibility index (Phi) is 3.13. The number of benzene rings is 1. The molecule has 1 aliphatic rings. The van der Waals surface area contributed by atoms with Crippen molar-refractivity contribution in [2.24, 2.45) is 11.3 Å². The summed E-state index contributed by atoms with van der Waals surface area (Å²) in [4.78, 5) is 14.1. The van der Waals surface area contributed by atoms with Gasteiger partial charge >= 0.3 is 0 Å². The van der Waals surface area contributed by atoms with Gasteiger partial charge in [0.25, 0.3) is 0 Å². The summed E-state index contributed by atoms with van der Waals surface area (Å²) in [6.07, 6.45) is 1.36. The molecular formula is C15H18N2O. The Morgan fingerprint density at radius 3 is 2.56 bits per heavy atom. The Hall–Kier alpha value is -1.82. The molecule has 0 N–H and O–H groups in total. The summed E-state index contributed by atoms with van der Waals surface area (Å²) in [7, 11) is 1.76. The second kappa shape index (κ2) is 4.45. The van der Waals surface area contributed by atoms with Crippen LogP contribution in [-0.2, 0) is 4.79 Å². The van der Waals surface area contributed by atoms with Crippen molar-refractivity contribution in [2.45, 2.75) is 26.7 Å². The van der Waals surface area contributed by atoms with E-state index in [2.05, 4.69) is 13.0 Å². The predicted octanol–water partition coefficient (Wildman–Crippen LogP) is 2.90. The maximum Gasteiger partial charge on any atom is 0.247 e. The van der Waals surface area contributed by atoms with E-state index in [-0.39, 0.29) is 5.91 Å². The van der Waals surface area contributed by atoms with Crippen LogP contribution in [0.3, 0.4) is 0 Å². The van der Waals surface area contributed by atoms with E-state index in [4.69, 9.17) is 0 Å². The number of amides is 1. The molecule has 0 spiro atoms. The molecule has 0 unspecified atom stereocenters. The lowest BCUT2D eigenvalue weighted by molar-refractivity contribution is -0.130. The van der Waals surface area contributed by atoms with Gasteiger partial charge in [-0.3, -0.25) is 4.79 Å². The highest BCUT2D eigenvalue weighted by molar-refractivity contribution is 6.00. The summed E-state index contributed by atoms with van der Waals surface area (Å²) in [5, 5.41) is 9.29. The van der Waals surface area contributed by atoms with Gasteiger partial charge in [0.15, 0.2) is 0 Å². The summed E-state index contributed by atoms with van der Waals surface area (Å²) in [5.74, 6) is 0.399. The molecule has 0 heterocycles. The van der Waals surface area contributed by atoms with Gasteiger partial charge in [0, 0.05) is 12.7 Å². The van der Waals surface area contributed by atoms with Crippen LogP contribution in [0.2, 0.25) is 0 Å². The van der Waals surface area contributed by atoms with Gasteiger partial charge in [0.2, 0.25) is 5.91 Å². The minimum atomic E-state index is -0.795. The number of carbonyl (C=O) groups is 1. The van der Waals surface area contributed by atoms with Gasteiger partial charge in [-0.1, -0.05) is 25.1 Å². The standard InChI is InChI=1S/C15H18N2O/c1-11-8-15(9-11,10-16)14(18)17(3)13-7-5-4-6-12(13)2/h4-7,11H,8-9H2,1-3H3. The van der Waals surface area contributed by atoms with Crippen molar-refractivity contribution in [3.63, 3.8) is 0 Å². The third-order valence-electron chi connectivity index (χ3n) is 3.80. The molecule has 1 aliphatic carbocycles. The topological polar surface area (TPSA) is 44.1 Å². The number of carbonyl (C=O) groups excluding carboxylic acids is 1. The van der Waals surface area contributed by atoms with Crippen LogP contribution in [0.1, 0.15) is 25.3 Å². The molecular weight excluding hydrogens is 224 g/mol. The second-order valence-corrected chi connectivity index (χ2v) is 5.36. The maximum atomic E-state index is 12.5. The van der Waals surface area contributed by atoms with Crippen molar-refractivity contribution in [2.75, 3.05) is 11.9 Å². The molecule has 94 valence electrons. The summed E-state index contributed by atoms with van der Waals surface area (Å²) < 4.78 is 0. The van der Waals surface area contributed by atoms with Crippen LogP contribution in [0.5, 0.6) is 0 Å². The maximum absolute atomic E-state index is 12.5. The van der Waals surface area contributed by atoms with E-state index < -0.39 is 5.41 Å². The molecule has 0 atom stereocenters. The van der Waals surface area contributed by atoms with E-state index in [1.54, 1.807) is 11.9 Å². The van der Waals surface area contributed by atoms with Crippen LogP contribution < -0.4 is 4.90 Å². The first-order chi connectivity index (χ1) is 8.50. The summed E-state index contributed by atoms with van der Waals surface area (Å²) in [5.41, 5.74) is 1.14. The van der Waals surface area contributed by atoms with Crippen LogP contribution in [0.4, 0.5) is 5.69 Å². The molecule has 1 amide bonds. The van der Waals surface area contributed by atoms with Gasteiger partial charge in [0.1, 0.15) is 5.41 Å². The first-order valence-electron chi connectivity index (χ1n) is 6.25. The second-order valence-electron chi connectivity index (χ2n) is 5.36. The number of nitrogens with zero attached hydrogens (tertiary/aromatic N) is 2. The highest BCUT2D eigenvalue weighted by Gasteiger charge is 2.50. The highest BCUT2D eigenvalue weighted by Crippen LogP contribution is 2.46. The zero-order valence-electron chi connectivity index (χ0n) is 11.1. The lowest BCUT2D eigenvalue weighted by atomic mass is 9.62. The van der Waals surface area contributed by atoms with Crippen molar-refractivity contribution >= 4 is 11.6 Å². The van der Waals surface area contributed by atoms with E-state index in [0.717, 1.165) is 11.3 Å². The van der Waals surface area contributed by atoms with Crippen molar-refractivity contribution in [1.82, 2.24) is 0 Å². The largest absolute Gasteiger partial charge is 0.314 e. The highest BCUT2D eigenvalue weighted by atomic mass is 16.2. The smallest absolute Gasteiger partial charge is 0.247 e. The quantitative estimate of drug-likeness (QED) is 0.800. The van der Waals surface area contributed by atoms with E-state index in [1.165, 1.54) is 0 Å². The zero-order valence-corrected chi connectivity index (χ0v) is 11.1. The molecule has 0 saturated heterocycles. The van der Waals surface area contributed by atoms with Gasteiger partial charge in [0.05, 0.1) is 6.07 Å². The Morgan fingerprint density at radius 1 is 1.44 bits per heavy atom. The van der Waals surface area contributed by atoms with Gasteiger partial charge in [-0.25, -0.2) is 0 Å². The zero-order chi connectivity index (χ0) is 13.3. The van der Waals surface area contributed by atoms with Crippen molar-refractivity contribution in [1.29, 1.82) is 5.26 Å². The first kappa shape index (κ1) is 12.6. The number of hydrogen-bond acceptors (Lipinski definition) is 2. The Balaban J connectivity index is 2.25. The predicted molar refractivity (Wildman–Crippen MR) is 71.0 cm³/mol. The Bertz CT molecular complexity index is 509. The van der Waals surface area contributed by atoms with Gasteiger partial charge in [-0.2, -0.15) is 5.26 Å². The molecule has 2 rings (SSSR count). The lowest BCUT2D eigenvalue weighted by Gasteiger charge is -2.41. The lowest BCUT2D eigenvalue weighted by Crippen LogP contribution is -2.49. The van der Waals surface area contributed by atoms with Gasteiger partial charge < -0.3 is 4.90 Å². The van der Waals surface area contributed by atoms with Crippen molar-refractivity contribution in [3.05, 3.63) is 29.8 Å². The van der Waals surface area contributed by atoms with Gasteiger partial charge in [-0.05, 0) is 37.3 Å². The number of nitriles is 1. The molecule has 3 heteroatoms. The monoisotopic (exact) mass is 242 g/mol. The fourth-order valence-electron chi connectivity index (χ4n) is 2.81. The Morgan fingerprint density at radius 2 is 2.06 bits per heavy atom. The van der Waals surface area contributed by atoms with Crippen LogP contribution in [-0.4, -0.2) is 13.0 Å². The average Bonchev–Trinajstić information content (AvgIpc) is 2.33. The molecule has 18 heavy (non-hydrogen) atoms. The van der Waals surface area contributed by atoms with Crippen molar-refractivity contribution in [3.8, 4) is 6.07 Å². The molecule has 0 aromatic heterocycles. The summed E-state index contributed by atoms with van der Waals surface area (Å²) in [6.45, 7) is 4.05. The Labute approximate surface area is 108 Å². The SMILES string of the molecule is Cc1ccccc1N(C)C(=O)C1(C#N)CC(C)C1. The summed E-state index contributed by atoms with van der Waals surface area (Å²) >= 11 is 0. The molecule has 3 nitrogen and oxygen atoms in total. The van der Waals surface area contributed by atoms with E-state index >= 15 is 0 Å². The van der Waals surface area contributed by atoms with Crippen LogP contribution in [0, 0.1) is 29.6 Å². The third kappa shape index (κ3) is 1.88. The van der Waals surface area contributed by atoms with E-state index in [0.29, 0.717) is 18.8 Å². The number of aryl methyl sites for hydroxylation is 1. The minimum Gasteiger partial charge on any atom is -0.314 e. The van der Waals surface area contributed by atoms with E-state index in [1.807, 2.05) is 31.2 Å². The first-order valence-corrected chi connectivity index (χ1v) is 6.25. The molecule has 0 aliphatic heterocycles. The normalized spacial score (nSPS) is 26.0. The molecule has 1 aromatic rings. The fourth-order valence-corrected chi connectivity index (χ4v) is 2.81. The number of hydrogen-bond donors (Lipinski definition) is 0. The van der Waals surface area contributed by atoms with Crippen LogP contribution in [0.15, 0.2) is 24.3 Å². The van der Waals surface area contributed by atoms with Crippen molar-refractivity contribution < 1.29 is 4.79 Å². The number of rotatable bonds is 2. The molecule has 0 radical (unpaired) electrons. The third-order valence-corrected chi connectivity index (χ3v) is 3.80. The molecule has 1 fully saturated rings. The molecule has 1 saturated carbocycles. The fraction of sp³-hybridized carbons (Fsp3) is 0.467.